The molecule has 4 aliphatic heterocycles. The number of nitrogens with one attached hydrogen (secondary N) is 1. The normalized spacial score (nSPS) is 24.6. The Morgan fingerprint density at radius 2 is 1.73 bits per heavy atom. The van der Waals surface area contributed by atoms with Crippen LogP contribution in [0.15, 0.2) is 83.1 Å². The van der Waals surface area contributed by atoms with Crippen LogP contribution in [0.1, 0.15) is 88.3 Å². The summed E-state index contributed by atoms with van der Waals surface area (Å²) in [6.45, 7) is 9.03. The third-order valence-electron chi connectivity index (χ3n) is 16.0. The van der Waals surface area contributed by atoms with E-state index in [9.17, 15) is 19.8 Å². The van der Waals surface area contributed by atoms with Gasteiger partial charge in [0.2, 0.25) is 17.7 Å². The Labute approximate surface area is 460 Å². The van der Waals surface area contributed by atoms with E-state index in [0.29, 0.717) is 42.3 Å². The van der Waals surface area contributed by atoms with Crippen molar-refractivity contribution >= 4 is 40.3 Å². The molecule has 2 bridgehead atoms. The smallest absolute Gasteiger partial charge is 0.286 e. The fourth-order valence-electron chi connectivity index (χ4n) is 11.8. The van der Waals surface area contributed by atoms with Crippen LogP contribution < -0.4 is 30.3 Å². The summed E-state index contributed by atoms with van der Waals surface area (Å²) in [4.78, 5) is 50.0. The molecule has 418 valence electrons. The fraction of sp³-hybridized carbons (Fsp3) is 0.500. The Kier molecular flexibility index (Phi) is 15.4. The summed E-state index contributed by atoms with van der Waals surface area (Å²) >= 11 is 1.51. The third kappa shape index (κ3) is 11.5. The van der Waals surface area contributed by atoms with Gasteiger partial charge in [0.15, 0.2) is 11.6 Å². The first-order valence-corrected chi connectivity index (χ1v) is 28.0. The highest BCUT2D eigenvalue weighted by Gasteiger charge is 2.49. The van der Waals surface area contributed by atoms with Crippen molar-refractivity contribution in [2.45, 2.75) is 127 Å². The van der Waals surface area contributed by atoms with Crippen molar-refractivity contribution in [2.75, 3.05) is 61.4 Å². The molecular weight excluding hydrogens is 1040 g/mol. The number of aromatic hydroxyl groups is 1. The van der Waals surface area contributed by atoms with Gasteiger partial charge in [-0.1, -0.05) is 32.0 Å². The lowest BCUT2D eigenvalue weighted by Crippen LogP contribution is -2.55. The number of anilines is 3. The number of fused-ring (bicyclic) bond motifs is 2. The van der Waals surface area contributed by atoms with Gasteiger partial charge in [-0.05, 0) is 80.1 Å². The molecule has 4 saturated heterocycles. The second-order valence-electron chi connectivity index (χ2n) is 21.9. The van der Waals surface area contributed by atoms with Crippen molar-refractivity contribution in [1.29, 1.82) is 0 Å². The van der Waals surface area contributed by atoms with Crippen LogP contribution in [-0.2, 0) is 14.3 Å². The number of amides is 2. The van der Waals surface area contributed by atoms with Crippen LogP contribution in [0.5, 0.6) is 17.5 Å². The molecule has 9 heterocycles. The zero-order chi connectivity index (χ0) is 55.1. The summed E-state index contributed by atoms with van der Waals surface area (Å²) in [7, 11) is 0. The van der Waals surface area contributed by atoms with Crippen molar-refractivity contribution < 1.29 is 47.3 Å². The summed E-state index contributed by atoms with van der Waals surface area (Å²) in [6, 6.07) is 17.3. The van der Waals surface area contributed by atoms with Crippen molar-refractivity contribution in [3.63, 3.8) is 0 Å². The van der Waals surface area contributed by atoms with Crippen LogP contribution >= 0.6 is 11.3 Å². The van der Waals surface area contributed by atoms with Gasteiger partial charge in [0.25, 0.3) is 11.8 Å². The van der Waals surface area contributed by atoms with Crippen LogP contribution in [0.4, 0.5) is 26.0 Å². The molecule has 1 aromatic carbocycles. The predicted octanol–water partition coefficient (Wildman–Crippen LogP) is 6.79. The molecular formula is C56H66F2N12O8S. The second-order valence-corrected chi connectivity index (χ2v) is 22.7. The van der Waals surface area contributed by atoms with E-state index in [2.05, 4.69) is 45.4 Å². The highest BCUT2D eigenvalue weighted by molar-refractivity contribution is 7.13. The number of nitrogens with zero attached hydrogens (tertiary/aromatic N) is 10. The highest BCUT2D eigenvalue weighted by atomic mass is 32.1. The molecule has 5 fully saturated rings. The molecule has 79 heavy (non-hydrogen) atoms. The Hall–Kier alpha value is -7.08. The summed E-state index contributed by atoms with van der Waals surface area (Å²) in [5.41, 5.74) is 13.5. The number of alkyl halides is 2. The number of piperidine rings is 1. The summed E-state index contributed by atoms with van der Waals surface area (Å²) in [6.07, 6.45) is 3.93. The zero-order valence-corrected chi connectivity index (χ0v) is 45.3. The Morgan fingerprint density at radius 3 is 2.46 bits per heavy atom. The number of aliphatic hydroxyl groups excluding tert-OH is 1. The average Bonchev–Trinajstić information content (AvgIpc) is 4.34. The number of likely N-dealkylation sites (tertiary alicyclic amines) is 2. The lowest BCUT2D eigenvalue weighted by molar-refractivity contribution is -0.210. The maximum absolute atomic E-state index is 15.7. The summed E-state index contributed by atoms with van der Waals surface area (Å²) in [5, 5.41) is 36.7. The number of phenolic OH excluding ortho intramolecular Hbond substituents is 1. The van der Waals surface area contributed by atoms with E-state index < -0.39 is 54.5 Å². The summed E-state index contributed by atoms with van der Waals surface area (Å²) in [5.74, 6) is -3.71. The van der Waals surface area contributed by atoms with Crippen molar-refractivity contribution in [3.8, 4) is 39.3 Å². The number of thiazole rings is 1. The third-order valence-corrected chi connectivity index (χ3v) is 17.0. The van der Waals surface area contributed by atoms with E-state index in [4.69, 9.17) is 24.5 Å². The van der Waals surface area contributed by atoms with Gasteiger partial charge >= 0.3 is 0 Å². The molecule has 6 aromatic rings. The van der Waals surface area contributed by atoms with Crippen molar-refractivity contribution in [3.05, 3.63) is 95.6 Å². The number of aryl methyl sites for hydroxylation is 1. The average molecular weight is 1110 g/mol. The molecule has 1 saturated carbocycles. The number of nitrogens with two attached hydrogens (primary N) is 1. The van der Waals surface area contributed by atoms with Gasteiger partial charge in [-0.25, -0.2) is 18.7 Å². The van der Waals surface area contributed by atoms with Gasteiger partial charge < -0.3 is 54.7 Å². The summed E-state index contributed by atoms with van der Waals surface area (Å²) < 4.78 is 55.1. The minimum absolute atomic E-state index is 0.0244. The van der Waals surface area contributed by atoms with E-state index in [-0.39, 0.29) is 80.1 Å². The molecule has 5 aliphatic rings. The molecule has 0 radical (unpaired) electrons. The number of β-amino-alcohol motifs (C(OH)–C–C–N with tert-alkyl or cyclic N) is 1. The van der Waals surface area contributed by atoms with Gasteiger partial charge in [-0.2, -0.15) is 0 Å². The first-order valence-electron chi connectivity index (χ1n) is 27.1. The van der Waals surface area contributed by atoms with E-state index in [1.54, 1.807) is 41.0 Å². The maximum atomic E-state index is 15.7. The Bertz CT molecular complexity index is 3110. The number of carbonyl (C=O) groups is 2. The van der Waals surface area contributed by atoms with Crippen LogP contribution in [-0.4, -0.2) is 156 Å². The fourth-order valence-corrected chi connectivity index (χ4v) is 12.6. The highest BCUT2D eigenvalue weighted by Crippen LogP contribution is 2.42. The molecule has 0 spiro atoms. The van der Waals surface area contributed by atoms with Gasteiger partial charge in [-0.3, -0.25) is 19.5 Å². The lowest BCUT2D eigenvalue weighted by Gasteiger charge is -2.44. The molecule has 2 amide bonds. The molecule has 5 N–H and O–H groups in total. The van der Waals surface area contributed by atoms with E-state index in [1.807, 2.05) is 64.1 Å². The number of ether oxygens (including phenoxy) is 3. The number of benzene rings is 1. The molecule has 7 atom stereocenters. The monoisotopic (exact) mass is 1100 g/mol. The quantitative estimate of drug-likeness (QED) is 0.0692. The minimum Gasteiger partial charge on any atom is -0.507 e. The first-order chi connectivity index (χ1) is 38.0. The first kappa shape index (κ1) is 53.9. The number of para-hydroxylation sites is 1. The molecule has 23 heteroatoms. The predicted molar refractivity (Wildman–Crippen MR) is 290 cm³/mol. The van der Waals surface area contributed by atoms with Gasteiger partial charge in [0.1, 0.15) is 36.5 Å². The number of piperazine rings is 1. The number of rotatable bonds is 18. The molecule has 20 nitrogen and oxygen atoms in total. The van der Waals surface area contributed by atoms with Gasteiger partial charge in [0, 0.05) is 99.8 Å². The van der Waals surface area contributed by atoms with Gasteiger partial charge in [-0.15, -0.1) is 21.5 Å². The standard InChI is InChI=1S/C56H66F2N12O8S/c1-31(2)51(55(74)69-28-38(71)20-45(69)54(73)63-32(3)34-9-12-42(61-25-34)52-33(4)62-30-79-52)47-24-50(66-78-47)75-18-17-67-16-14-48(56(57,58)29-67)76-39-21-40(22-39)77-49-19-35(13-15-60-49)70-36-10-11-37(70)27-68(26-36)44-23-43(64-65-53(44)59)41-7-5-6-8-46(41)72/h5-9,12-13,15,19,23-25,30-32,36-40,45,48,51,71-72H,10-11,14,16-18,20-22,26-29H2,1-4H3,(H2,59,65)(H,63,73)/t32-,36?,37?,38+,39?,40?,45-,48?,51+/m0/s1. The molecule has 1 aliphatic carbocycles. The van der Waals surface area contributed by atoms with Crippen molar-refractivity contribution in [2.24, 2.45) is 5.92 Å². The van der Waals surface area contributed by atoms with Crippen molar-refractivity contribution in [1.82, 2.24) is 45.4 Å². The number of hydrogen-bond acceptors (Lipinski definition) is 19. The van der Waals surface area contributed by atoms with Crippen LogP contribution in [0, 0.1) is 12.8 Å². The minimum atomic E-state index is -3.09. The van der Waals surface area contributed by atoms with Crippen LogP contribution in [0.2, 0.25) is 0 Å². The number of aromatic nitrogens is 6. The van der Waals surface area contributed by atoms with Gasteiger partial charge in [0.05, 0.1) is 58.0 Å². The number of pyridine rings is 2. The van der Waals surface area contributed by atoms with E-state index in [1.165, 1.54) is 22.3 Å². The largest absolute Gasteiger partial charge is 0.507 e. The number of phenols is 1. The number of carbonyl (C=O) groups excluding carboxylic acids is 2. The van der Waals surface area contributed by atoms with Crippen LogP contribution in [0.25, 0.3) is 21.8 Å². The molecule has 11 rings (SSSR count). The lowest BCUT2D eigenvalue weighted by atomic mass is 9.91. The molecule has 5 aromatic heterocycles. The molecule has 3 unspecified atom stereocenters. The second kappa shape index (κ2) is 22.6. The number of nitrogen functional groups attached to an aromatic ring is 1. The number of hydrogen-bond donors (Lipinski definition) is 4. The number of halogens is 2. The van der Waals surface area contributed by atoms with E-state index >= 15 is 8.78 Å². The Morgan fingerprint density at radius 1 is 0.937 bits per heavy atom. The maximum Gasteiger partial charge on any atom is 0.286 e. The van der Waals surface area contributed by atoms with Crippen LogP contribution in [0.3, 0.4) is 0 Å². The number of aliphatic hydroxyl groups is 1. The SMILES string of the molecule is Cc1ncsc1-c1ccc([C@H](C)NC(=O)[C@@H]2C[C@@H](O)CN2C(=O)[C@@H](c2cc(OCCN3CCC(OC4CC(Oc5cc(N6C7CCC6CN(c6cc(-c8ccccc8O)nnc6N)C7)ccn5)C4)C(F)(F)C3)no2)C(C)C)cn1. The zero-order valence-electron chi connectivity index (χ0n) is 44.5. The van der Waals surface area contributed by atoms with E-state index in [0.717, 1.165) is 59.1 Å². The topological polar surface area (TPSA) is 244 Å². The Balaban J connectivity index is 0.620.